The molecule has 1 atom stereocenters. The van der Waals surface area contributed by atoms with Crippen molar-refractivity contribution in [2.75, 3.05) is 39.5 Å². The van der Waals surface area contributed by atoms with Crippen molar-refractivity contribution in [2.24, 2.45) is 5.92 Å². The molecule has 0 radical (unpaired) electrons. The van der Waals surface area contributed by atoms with Crippen LogP contribution in [0.3, 0.4) is 0 Å². The molecule has 1 aromatic heterocycles. The molecule has 4 heterocycles. The van der Waals surface area contributed by atoms with Crippen LogP contribution in [-0.4, -0.2) is 55.2 Å². The fourth-order valence-corrected chi connectivity index (χ4v) is 6.75. The molecule has 0 saturated carbocycles. The smallest absolute Gasteiger partial charge is 0.231 e. The van der Waals surface area contributed by atoms with Crippen LogP contribution in [0.4, 0.5) is 0 Å². The first-order valence-electron chi connectivity index (χ1n) is 12.6. The van der Waals surface area contributed by atoms with Crippen LogP contribution in [0.15, 0.2) is 41.8 Å². The molecule has 1 fully saturated rings. The van der Waals surface area contributed by atoms with Gasteiger partial charge in [-0.25, -0.2) is 0 Å². The third-order valence-corrected chi connectivity index (χ3v) is 8.64. The molecule has 0 bridgehead atoms. The molecule has 5 nitrogen and oxygen atoms in total. The first-order chi connectivity index (χ1) is 16.7. The number of carbonyl (C=O) groups is 1. The highest BCUT2D eigenvalue weighted by Gasteiger charge is 2.27. The second kappa shape index (κ2) is 9.59. The van der Waals surface area contributed by atoms with Gasteiger partial charge in [0.25, 0.3) is 0 Å². The number of benzene rings is 2. The molecule has 34 heavy (non-hydrogen) atoms. The van der Waals surface area contributed by atoms with Crippen molar-refractivity contribution in [3.8, 4) is 11.5 Å². The van der Waals surface area contributed by atoms with E-state index in [0.29, 0.717) is 12.3 Å². The lowest BCUT2D eigenvalue weighted by atomic mass is 10.0. The Kier molecular flexibility index (Phi) is 6.18. The summed E-state index contributed by atoms with van der Waals surface area (Å²) in [4.78, 5) is 17.9. The minimum Gasteiger partial charge on any atom is -0.454 e. The van der Waals surface area contributed by atoms with Crippen molar-refractivity contribution in [1.82, 2.24) is 9.80 Å². The molecule has 1 saturated heterocycles. The highest BCUT2D eigenvalue weighted by molar-refractivity contribution is 7.17. The molecule has 2 aromatic carbocycles. The number of rotatable bonds is 5. The molecule has 3 aliphatic rings. The number of hydrogen-bond acceptors (Lipinski definition) is 5. The van der Waals surface area contributed by atoms with Gasteiger partial charge >= 0.3 is 0 Å². The summed E-state index contributed by atoms with van der Waals surface area (Å²) in [6, 6.07) is 12.8. The average molecular weight is 477 g/mol. The molecule has 0 N–H and O–H groups in total. The Labute approximate surface area is 205 Å². The molecule has 1 amide bonds. The van der Waals surface area contributed by atoms with Crippen molar-refractivity contribution < 1.29 is 14.3 Å². The fourth-order valence-electron chi connectivity index (χ4n) is 5.76. The lowest BCUT2D eigenvalue weighted by Gasteiger charge is -2.29. The van der Waals surface area contributed by atoms with Gasteiger partial charge in [-0.1, -0.05) is 24.6 Å². The van der Waals surface area contributed by atoms with Crippen LogP contribution in [0.2, 0.25) is 0 Å². The van der Waals surface area contributed by atoms with Gasteiger partial charge in [-0.2, -0.15) is 0 Å². The minimum atomic E-state index is 0.248. The second-order valence-electron chi connectivity index (χ2n) is 9.91. The van der Waals surface area contributed by atoms with Gasteiger partial charge in [0.2, 0.25) is 12.7 Å². The fraction of sp³-hybridized carbons (Fsp3) is 0.464. The largest absolute Gasteiger partial charge is 0.454 e. The molecular formula is C28H32N2O3S. The van der Waals surface area contributed by atoms with Crippen LogP contribution >= 0.6 is 11.3 Å². The maximum Gasteiger partial charge on any atom is 0.231 e. The maximum absolute atomic E-state index is 13.2. The van der Waals surface area contributed by atoms with Crippen molar-refractivity contribution in [1.29, 1.82) is 0 Å². The number of likely N-dealkylation sites (tertiary alicyclic amines) is 1. The number of fused-ring (bicyclic) bond motifs is 3. The maximum atomic E-state index is 13.2. The summed E-state index contributed by atoms with van der Waals surface area (Å²) < 4.78 is 12.5. The molecule has 3 aliphatic heterocycles. The van der Waals surface area contributed by atoms with Crippen LogP contribution in [0.25, 0.3) is 10.1 Å². The number of ether oxygens (including phenoxy) is 2. The normalized spacial score (nSPS) is 20.9. The summed E-state index contributed by atoms with van der Waals surface area (Å²) in [7, 11) is 0. The Bertz CT molecular complexity index is 1190. The summed E-state index contributed by atoms with van der Waals surface area (Å²) in [6.07, 6.45) is 6.18. The number of hydrogen-bond donors (Lipinski definition) is 0. The van der Waals surface area contributed by atoms with Crippen molar-refractivity contribution >= 4 is 27.3 Å². The van der Waals surface area contributed by atoms with Gasteiger partial charge in [0, 0.05) is 30.9 Å². The van der Waals surface area contributed by atoms with Gasteiger partial charge in [-0.05, 0) is 83.8 Å². The predicted molar refractivity (Wildman–Crippen MR) is 136 cm³/mol. The molecule has 6 rings (SSSR count). The van der Waals surface area contributed by atoms with Crippen molar-refractivity contribution in [3.05, 3.63) is 58.5 Å². The Hall–Kier alpha value is -2.57. The number of thiophene rings is 1. The van der Waals surface area contributed by atoms with E-state index < -0.39 is 0 Å². The van der Waals surface area contributed by atoms with E-state index in [4.69, 9.17) is 9.47 Å². The van der Waals surface area contributed by atoms with Crippen molar-refractivity contribution in [2.45, 2.75) is 38.5 Å². The Morgan fingerprint density at radius 3 is 2.79 bits per heavy atom. The van der Waals surface area contributed by atoms with Crippen LogP contribution in [0.5, 0.6) is 11.5 Å². The number of nitrogens with zero attached hydrogens (tertiary/aromatic N) is 2. The molecule has 1 unspecified atom stereocenters. The first kappa shape index (κ1) is 21.9. The lowest BCUT2D eigenvalue weighted by Crippen LogP contribution is -2.40. The standard InChI is InChI=1S/C28H32N2O3S/c31-28-15-23-14-26-25(32-19-33-26)13-21(23)9-12-30(28)17-20-5-3-4-10-29(16-20)11-8-22-18-34-27-7-2-1-6-24(22)27/h1-2,6-7,13-14,18,20H,3-5,8-12,15-17,19H2. The summed E-state index contributed by atoms with van der Waals surface area (Å²) in [5.41, 5.74) is 3.80. The molecule has 178 valence electrons. The Morgan fingerprint density at radius 2 is 1.88 bits per heavy atom. The van der Waals surface area contributed by atoms with E-state index in [9.17, 15) is 4.79 Å². The van der Waals surface area contributed by atoms with Gasteiger partial charge in [0.05, 0.1) is 6.42 Å². The Morgan fingerprint density at radius 1 is 1.03 bits per heavy atom. The van der Waals surface area contributed by atoms with Crippen molar-refractivity contribution in [3.63, 3.8) is 0 Å². The zero-order valence-electron chi connectivity index (χ0n) is 19.6. The van der Waals surface area contributed by atoms with E-state index in [0.717, 1.165) is 56.1 Å². The average Bonchev–Trinajstić information content (AvgIpc) is 3.37. The minimum absolute atomic E-state index is 0.248. The highest BCUT2D eigenvalue weighted by Crippen LogP contribution is 2.36. The summed E-state index contributed by atoms with van der Waals surface area (Å²) in [5.74, 6) is 2.39. The van der Waals surface area contributed by atoms with Crippen LogP contribution in [0, 0.1) is 5.92 Å². The third-order valence-electron chi connectivity index (χ3n) is 7.63. The monoisotopic (exact) mass is 476 g/mol. The van der Waals surface area contributed by atoms with Gasteiger partial charge in [-0.15, -0.1) is 11.3 Å². The molecular weight excluding hydrogens is 444 g/mol. The van der Waals surface area contributed by atoms with Crippen LogP contribution in [-0.2, 0) is 24.1 Å². The molecule has 3 aromatic rings. The van der Waals surface area contributed by atoms with E-state index in [1.54, 1.807) is 0 Å². The Balaban J connectivity index is 1.08. The second-order valence-corrected chi connectivity index (χ2v) is 10.8. The molecule has 0 spiro atoms. The van der Waals surface area contributed by atoms with Crippen LogP contribution < -0.4 is 9.47 Å². The topological polar surface area (TPSA) is 42.0 Å². The van der Waals surface area contributed by atoms with Gasteiger partial charge in [0.1, 0.15) is 0 Å². The van der Waals surface area contributed by atoms with E-state index in [-0.39, 0.29) is 12.7 Å². The number of carbonyl (C=O) groups excluding carboxylic acids is 1. The van der Waals surface area contributed by atoms with Crippen LogP contribution in [0.1, 0.15) is 36.0 Å². The zero-order chi connectivity index (χ0) is 22.9. The molecule has 0 aliphatic carbocycles. The lowest BCUT2D eigenvalue weighted by molar-refractivity contribution is -0.130. The van der Waals surface area contributed by atoms with E-state index in [1.165, 1.54) is 47.0 Å². The highest BCUT2D eigenvalue weighted by atomic mass is 32.1. The van der Waals surface area contributed by atoms with Gasteiger partial charge in [0.15, 0.2) is 11.5 Å². The summed E-state index contributed by atoms with van der Waals surface area (Å²) >= 11 is 1.85. The summed E-state index contributed by atoms with van der Waals surface area (Å²) in [6.45, 7) is 5.31. The SMILES string of the molecule is O=C1Cc2cc3c(cc2CCN1CC1CCCCN(CCc2csc4ccccc24)C1)OCO3. The van der Waals surface area contributed by atoms with Gasteiger partial charge < -0.3 is 19.3 Å². The zero-order valence-corrected chi connectivity index (χ0v) is 20.4. The number of amides is 1. The summed E-state index contributed by atoms with van der Waals surface area (Å²) in [5, 5.41) is 3.75. The quantitative estimate of drug-likeness (QED) is 0.525. The van der Waals surface area contributed by atoms with E-state index >= 15 is 0 Å². The third kappa shape index (κ3) is 4.53. The van der Waals surface area contributed by atoms with E-state index in [1.807, 2.05) is 17.4 Å². The predicted octanol–water partition coefficient (Wildman–Crippen LogP) is 4.90. The first-order valence-corrected chi connectivity index (χ1v) is 13.5. The van der Waals surface area contributed by atoms with Gasteiger partial charge in [-0.3, -0.25) is 4.79 Å². The molecule has 6 heteroatoms. The van der Waals surface area contributed by atoms with E-state index in [2.05, 4.69) is 45.5 Å².